The number of nitrogens with two attached hydrogens (primary N) is 1. The molecule has 9 heteroatoms. The van der Waals surface area contributed by atoms with Crippen molar-refractivity contribution in [3.63, 3.8) is 0 Å². The van der Waals surface area contributed by atoms with Crippen molar-refractivity contribution >= 4 is 28.5 Å². The van der Waals surface area contributed by atoms with E-state index in [-0.39, 0.29) is 17.9 Å². The van der Waals surface area contributed by atoms with Gasteiger partial charge < -0.3 is 10.5 Å². The van der Waals surface area contributed by atoms with Crippen LogP contribution in [0.15, 0.2) is 58.1 Å². The molecule has 2 heterocycles. The average Bonchev–Trinajstić information content (AvgIpc) is 2.84. The summed E-state index contributed by atoms with van der Waals surface area (Å²) in [6.45, 7) is 5.30. The molecule has 4 aromatic rings. The van der Waals surface area contributed by atoms with Gasteiger partial charge in [0.25, 0.3) is 5.56 Å². The second-order valence-electron chi connectivity index (χ2n) is 8.56. The van der Waals surface area contributed by atoms with Crippen LogP contribution in [0.25, 0.3) is 22.2 Å². The number of ether oxygens (including phenoxy) is 1. The molecule has 0 aliphatic carbocycles. The first kappa shape index (κ1) is 24.6. The predicted octanol–water partition coefficient (Wildman–Crippen LogP) is 3.40. The highest BCUT2D eigenvalue weighted by molar-refractivity contribution is 6.06. The second-order valence-corrected chi connectivity index (χ2v) is 8.56. The molecule has 0 atom stereocenters. The van der Waals surface area contributed by atoms with E-state index in [9.17, 15) is 19.2 Å². The van der Waals surface area contributed by atoms with Crippen LogP contribution in [-0.2, 0) is 11.3 Å². The van der Waals surface area contributed by atoms with Crippen molar-refractivity contribution in [3.8, 4) is 11.3 Å². The Morgan fingerprint density at radius 2 is 1.83 bits per heavy atom. The molecule has 0 aliphatic rings. The van der Waals surface area contributed by atoms with Crippen LogP contribution in [0.5, 0.6) is 0 Å². The lowest BCUT2D eigenvalue weighted by molar-refractivity contribution is 0.0476. The number of carbonyl (C=O) groups excluding carboxylic acids is 2. The number of nitrogen functional groups attached to an aromatic ring is 1. The number of pyridine rings is 1. The molecule has 0 saturated carbocycles. The van der Waals surface area contributed by atoms with E-state index < -0.39 is 35.2 Å². The number of anilines is 1. The van der Waals surface area contributed by atoms with Gasteiger partial charge in [0.2, 0.25) is 5.78 Å². The number of hydrogen-bond donors (Lipinski definition) is 2. The summed E-state index contributed by atoms with van der Waals surface area (Å²) in [6.07, 6.45) is 0.566. The molecule has 184 valence electrons. The smallest absolute Gasteiger partial charge is 0.339 e. The van der Waals surface area contributed by atoms with E-state index in [1.54, 1.807) is 24.3 Å². The minimum absolute atomic E-state index is 0.228. The molecule has 0 bridgehead atoms. The topological polar surface area (TPSA) is 137 Å². The van der Waals surface area contributed by atoms with Gasteiger partial charge in [0.15, 0.2) is 6.61 Å². The molecule has 0 unspecified atom stereocenters. The van der Waals surface area contributed by atoms with E-state index in [2.05, 4.69) is 4.98 Å². The Morgan fingerprint density at radius 3 is 2.56 bits per heavy atom. The highest BCUT2D eigenvalue weighted by Crippen LogP contribution is 2.28. The third kappa shape index (κ3) is 4.68. The average molecular weight is 487 g/mol. The Kier molecular flexibility index (Phi) is 6.82. The minimum Gasteiger partial charge on any atom is -0.454 e. The lowest BCUT2D eigenvalue weighted by atomic mass is 9.99. The van der Waals surface area contributed by atoms with Gasteiger partial charge in [-0.2, -0.15) is 0 Å². The summed E-state index contributed by atoms with van der Waals surface area (Å²) in [4.78, 5) is 57.1. The van der Waals surface area contributed by atoms with Gasteiger partial charge in [0.1, 0.15) is 11.4 Å². The van der Waals surface area contributed by atoms with Crippen LogP contribution in [-0.4, -0.2) is 32.9 Å². The summed E-state index contributed by atoms with van der Waals surface area (Å²) < 4.78 is 6.43. The Hall–Kier alpha value is -4.53. The van der Waals surface area contributed by atoms with E-state index in [1.807, 2.05) is 45.0 Å². The molecule has 0 radical (unpaired) electrons. The summed E-state index contributed by atoms with van der Waals surface area (Å²) in [5, 5.41) is 0.567. The summed E-state index contributed by atoms with van der Waals surface area (Å²) in [5.41, 5.74) is 8.33. The molecule has 0 saturated heterocycles. The van der Waals surface area contributed by atoms with Crippen LogP contribution < -0.4 is 17.0 Å². The molecule has 0 aliphatic heterocycles. The number of H-pyrrole nitrogens is 1. The Labute approximate surface area is 206 Å². The SMILES string of the molecule is CCCn1c(N)c(C(=O)COC(=O)c2cc(-c3ccc(C)cc3C)nc3ccccc23)c(=O)[nH]c1=O. The standard InChI is InChI=1S/C27H26N4O5/c1-4-11-31-24(28)23(25(33)30-27(31)35)22(32)14-36-26(34)19-13-21(17-10-9-15(2)12-16(17)3)29-20-8-6-5-7-18(19)20/h5-10,12-13H,4,11,14,28H2,1-3H3,(H,30,33,35). The third-order valence-corrected chi connectivity index (χ3v) is 5.89. The fraction of sp³-hybridized carbons (Fsp3) is 0.222. The first-order valence-electron chi connectivity index (χ1n) is 11.5. The number of benzene rings is 2. The number of para-hydroxylation sites is 1. The number of hydrogen-bond acceptors (Lipinski definition) is 7. The number of rotatable bonds is 7. The predicted molar refractivity (Wildman–Crippen MR) is 137 cm³/mol. The zero-order valence-corrected chi connectivity index (χ0v) is 20.3. The third-order valence-electron chi connectivity index (χ3n) is 5.89. The number of aryl methyl sites for hydroxylation is 2. The zero-order chi connectivity index (χ0) is 26.0. The van der Waals surface area contributed by atoms with Crippen LogP contribution >= 0.6 is 0 Å². The quantitative estimate of drug-likeness (QED) is 0.302. The number of fused-ring (bicyclic) bond motifs is 1. The molecular weight excluding hydrogens is 460 g/mol. The maximum absolute atomic E-state index is 13.1. The van der Waals surface area contributed by atoms with Crippen molar-refractivity contribution in [1.29, 1.82) is 0 Å². The number of Topliss-reactive ketones (excluding diaryl/α,β-unsaturated/α-hetero) is 1. The first-order valence-corrected chi connectivity index (χ1v) is 11.5. The number of ketones is 1. The fourth-order valence-corrected chi connectivity index (χ4v) is 4.17. The van der Waals surface area contributed by atoms with Crippen LogP contribution in [0.3, 0.4) is 0 Å². The number of nitrogens with one attached hydrogen (secondary N) is 1. The van der Waals surface area contributed by atoms with Gasteiger partial charge >= 0.3 is 11.7 Å². The van der Waals surface area contributed by atoms with Crippen LogP contribution in [0.1, 0.15) is 45.2 Å². The normalized spacial score (nSPS) is 11.0. The van der Waals surface area contributed by atoms with Crippen molar-refractivity contribution < 1.29 is 14.3 Å². The van der Waals surface area contributed by atoms with E-state index in [0.717, 1.165) is 21.3 Å². The van der Waals surface area contributed by atoms with Gasteiger partial charge in [-0.05, 0) is 38.0 Å². The van der Waals surface area contributed by atoms with Crippen LogP contribution in [0.4, 0.5) is 5.82 Å². The van der Waals surface area contributed by atoms with Crippen LogP contribution in [0, 0.1) is 13.8 Å². The van der Waals surface area contributed by atoms with E-state index in [1.165, 1.54) is 0 Å². The maximum atomic E-state index is 13.1. The number of esters is 1. The fourth-order valence-electron chi connectivity index (χ4n) is 4.17. The van der Waals surface area contributed by atoms with Crippen molar-refractivity contribution in [3.05, 3.63) is 91.6 Å². The van der Waals surface area contributed by atoms with Gasteiger partial charge in [0.05, 0.1) is 16.8 Å². The number of aromatic nitrogens is 3. The van der Waals surface area contributed by atoms with E-state index in [0.29, 0.717) is 23.0 Å². The molecule has 0 amide bonds. The molecule has 0 spiro atoms. The first-order chi connectivity index (χ1) is 17.2. The molecule has 2 aromatic carbocycles. The number of carbonyl (C=O) groups is 2. The van der Waals surface area contributed by atoms with Crippen molar-refractivity contribution in [1.82, 2.24) is 14.5 Å². The monoisotopic (exact) mass is 486 g/mol. The van der Waals surface area contributed by atoms with Gasteiger partial charge in [-0.25, -0.2) is 14.6 Å². The highest BCUT2D eigenvalue weighted by Gasteiger charge is 2.22. The lowest BCUT2D eigenvalue weighted by Gasteiger charge is -2.13. The lowest BCUT2D eigenvalue weighted by Crippen LogP contribution is -2.37. The number of nitrogens with zero attached hydrogens (tertiary/aromatic N) is 2. The van der Waals surface area contributed by atoms with Gasteiger partial charge in [-0.15, -0.1) is 0 Å². The molecule has 3 N–H and O–H groups in total. The Bertz CT molecular complexity index is 1620. The second kappa shape index (κ2) is 9.99. The molecule has 9 nitrogen and oxygen atoms in total. The Balaban J connectivity index is 1.68. The van der Waals surface area contributed by atoms with Crippen molar-refractivity contribution in [2.24, 2.45) is 0 Å². The molecule has 36 heavy (non-hydrogen) atoms. The molecular formula is C27H26N4O5. The number of aromatic amines is 1. The van der Waals surface area contributed by atoms with Crippen molar-refractivity contribution in [2.45, 2.75) is 33.7 Å². The van der Waals surface area contributed by atoms with E-state index >= 15 is 0 Å². The maximum Gasteiger partial charge on any atom is 0.339 e. The highest BCUT2D eigenvalue weighted by atomic mass is 16.5. The van der Waals surface area contributed by atoms with E-state index in [4.69, 9.17) is 15.5 Å². The summed E-state index contributed by atoms with van der Waals surface area (Å²) in [7, 11) is 0. The van der Waals surface area contributed by atoms with Crippen molar-refractivity contribution in [2.75, 3.05) is 12.3 Å². The molecule has 2 aromatic heterocycles. The van der Waals surface area contributed by atoms with Gasteiger partial charge in [-0.1, -0.05) is 48.9 Å². The van der Waals surface area contributed by atoms with Gasteiger partial charge in [-0.3, -0.25) is 19.1 Å². The molecule has 0 fully saturated rings. The minimum atomic E-state index is -0.919. The zero-order valence-electron chi connectivity index (χ0n) is 20.3. The largest absolute Gasteiger partial charge is 0.454 e. The van der Waals surface area contributed by atoms with Crippen LogP contribution in [0.2, 0.25) is 0 Å². The summed E-state index contributed by atoms with van der Waals surface area (Å²) >= 11 is 0. The molecule has 4 rings (SSSR count). The summed E-state index contributed by atoms with van der Waals surface area (Å²) in [6, 6.07) is 14.7. The van der Waals surface area contributed by atoms with Gasteiger partial charge in [0, 0.05) is 17.5 Å². The summed E-state index contributed by atoms with van der Waals surface area (Å²) in [5.74, 6) is -1.80. The Morgan fingerprint density at radius 1 is 1.08 bits per heavy atom.